The maximum absolute atomic E-state index is 9.43. The number of nitrogens with two attached hydrogens (primary N) is 1. The van der Waals surface area contributed by atoms with E-state index in [9.17, 15) is 5.11 Å². The van der Waals surface area contributed by atoms with Crippen molar-refractivity contribution in [1.82, 2.24) is 4.90 Å². The highest BCUT2D eigenvalue weighted by atomic mass is 16.3. The van der Waals surface area contributed by atoms with Gasteiger partial charge in [0.15, 0.2) is 0 Å². The number of hydrogen-bond donors (Lipinski definition) is 2. The average molecular weight is 184 g/mol. The van der Waals surface area contributed by atoms with Gasteiger partial charge in [-0.2, -0.15) is 0 Å². The smallest absolute Gasteiger partial charge is 0.0946 e. The summed E-state index contributed by atoms with van der Waals surface area (Å²) in [5, 5.41) is 9.43. The number of β-amino-alcohol motifs (C(OH)–C–C–N with tert-alkyl or cyclic N) is 1. The maximum atomic E-state index is 9.43. The summed E-state index contributed by atoms with van der Waals surface area (Å²) in [6.45, 7) is 3.82. The first-order valence-electron chi connectivity index (χ1n) is 5.12. The monoisotopic (exact) mass is 184 g/mol. The lowest BCUT2D eigenvalue weighted by Crippen LogP contribution is -2.39. The molecule has 0 amide bonds. The van der Waals surface area contributed by atoms with E-state index in [0.717, 1.165) is 38.0 Å². The minimum Gasteiger partial charge on any atom is -0.391 e. The Balaban J connectivity index is 2.40. The molecule has 3 N–H and O–H groups in total. The maximum Gasteiger partial charge on any atom is 0.0946 e. The van der Waals surface area contributed by atoms with Crippen molar-refractivity contribution >= 4 is 0 Å². The fourth-order valence-electron chi connectivity index (χ4n) is 1.61. The van der Waals surface area contributed by atoms with E-state index in [1.807, 2.05) is 0 Å². The number of unbranched alkanes of at least 4 members (excludes halogenated alkanes) is 1. The van der Waals surface area contributed by atoms with Gasteiger partial charge in [-0.25, -0.2) is 0 Å². The van der Waals surface area contributed by atoms with Gasteiger partial charge in [-0.15, -0.1) is 0 Å². The molecule has 0 aromatic carbocycles. The highest BCUT2D eigenvalue weighted by Crippen LogP contribution is 2.12. The first-order chi connectivity index (χ1) is 6.24. The minimum atomic E-state index is -0.192. The molecule has 3 nitrogen and oxygen atoms in total. The van der Waals surface area contributed by atoms with Crippen molar-refractivity contribution in [2.75, 3.05) is 13.1 Å². The van der Waals surface area contributed by atoms with Gasteiger partial charge in [0.25, 0.3) is 0 Å². The predicted octanol–water partition coefficient (Wildman–Crippen LogP) is 1.04. The van der Waals surface area contributed by atoms with E-state index in [1.54, 1.807) is 0 Å². The van der Waals surface area contributed by atoms with Crippen molar-refractivity contribution in [3.05, 3.63) is 11.9 Å². The average Bonchev–Trinajstić information content (AvgIpc) is 2.14. The van der Waals surface area contributed by atoms with Gasteiger partial charge in [0.05, 0.1) is 11.9 Å². The molecular weight excluding hydrogens is 164 g/mol. The predicted molar refractivity (Wildman–Crippen MR) is 54.0 cm³/mol. The Morgan fingerprint density at radius 3 is 3.08 bits per heavy atom. The molecule has 1 rings (SSSR count). The van der Waals surface area contributed by atoms with E-state index in [1.165, 1.54) is 0 Å². The zero-order chi connectivity index (χ0) is 9.68. The first kappa shape index (κ1) is 10.4. The molecular formula is C10H20N2O. The third kappa shape index (κ3) is 3.27. The molecule has 0 aromatic rings. The Morgan fingerprint density at radius 1 is 1.69 bits per heavy atom. The zero-order valence-electron chi connectivity index (χ0n) is 8.37. The molecule has 3 heteroatoms. The van der Waals surface area contributed by atoms with Crippen LogP contribution < -0.4 is 5.73 Å². The normalized spacial score (nSPS) is 24.9. The molecule has 0 saturated carbocycles. The standard InChI is InChI=1S/C10H20N2O/c1-2-3-6-10(11)12-7-4-5-9(13)8-12/h6,9,13H,2-5,7-8,11H2,1H3/b10-6+. The van der Waals surface area contributed by atoms with Gasteiger partial charge in [-0.05, 0) is 25.3 Å². The van der Waals surface area contributed by atoms with Gasteiger partial charge in [0.2, 0.25) is 0 Å². The van der Waals surface area contributed by atoms with Crippen LogP contribution >= 0.6 is 0 Å². The second-order valence-corrected chi connectivity index (χ2v) is 3.66. The van der Waals surface area contributed by atoms with Crippen molar-refractivity contribution in [2.45, 2.75) is 38.7 Å². The molecule has 1 atom stereocenters. The summed E-state index contributed by atoms with van der Waals surface area (Å²) >= 11 is 0. The Hall–Kier alpha value is -0.700. The largest absolute Gasteiger partial charge is 0.391 e. The molecule has 13 heavy (non-hydrogen) atoms. The second kappa shape index (κ2) is 5.12. The second-order valence-electron chi connectivity index (χ2n) is 3.66. The van der Waals surface area contributed by atoms with Crippen molar-refractivity contribution in [2.24, 2.45) is 5.73 Å². The zero-order valence-corrected chi connectivity index (χ0v) is 8.37. The molecule has 1 aliphatic heterocycles. The van der Waals surface area contributed by atoms with Crippen LogP contribution in [-0.2, 0) is 0 Å². The third-order valence-corrected chi connectivity index (χ3v) is 2.40. The molecule has 0 aromatic heterocycles. The summed E-state index contributed by atoms with van der Waals surface area (Å²) in [4.78, 5) is 2.07. The lowest BCUT2D eigenvalue weighted by atomic mass is 10.1. The molecule has 0 bridgehead atoms. The molecule has 1 heterocycles. The van der Waals surface area contributed by atoms with Gasteiger partial charge in [-0.3, -0.25) is 0 Å². The van der Waals surface area contributed by atoms with Crippen LogP contribution in [0.1, 0.15) is 32.6 Å². The van der Waals surface area contributed by atoms with E-state index in [4.69, 9.17) is 5.73 Å². The molecule has 1 saturated heterocycles. The highest BCUT2D eigenvalue weighted by molar-refractivity contribution is 4.97. The number of piperidine rings is 1. The molecule has 1 fully saturated rings. The molecule has 1 unspecified atom stereocenters. The van der Waals surface area contributed by atoms with Gasteiger partial charge in [0.1, 0.15) is 0 Å². The molecule has 0 spiro atoms. The van der Waals surface area contributed by atoms with Crippen molar-refractivity contribution < 1.29 is 5.11 Å². The number of hydrogen-bond acceptors (Lipinski definition) is 3. The highest BCUT2D eigenvalue weighted by Gasteiger charge is 2.17. The summed E-state index contributed by atoms with van der Waals surface area (Å²) in [5.74, 6) is 0.834. The Bertz CT molecular complexity index is 180. The van der Waals surface area contributed by atoms with Gasteiger partial charge >= 0.3 is 0 Å². The molecule has 0 aliphatic carbocycles. The fourth-order valence-corrected chi connectivity index (χ4v) is 1.61. The van der Waals surface area contributed by atoms with Crippen molar-refractivity contribution in [3.8, 4) is 0 Å². The summed E-state index contributed by atoms with van der Waals surface area (Å²) in [5.41, 5.74) is 5.87. The van der Waals surface area contributed by atoms with Crippen molar-refractivity contribution in [3.63, 3.8) is 0 Å². The summed E-state index contributed by atoms with van der Waals surface area (Å²) < 4.78 is 0. The van der Waals surface area contributed by atoms with E-state index in [-0.39, 0.29) is 6.10 Å². The van der Waals surface area contributed by atoms with Crippen LogP contribution in [0.25, 0.3) is 0 Å². The van der Waals surface area contributed by atoms with E-state index < -0.39 is 0 Å². The lowest BCUT2D eigenvalue weighted by molar-refractivity contribution is 0.0870. The number of rotatable bonds is 3. The number of aliphatic hydroxyl groups excluding tert-OH is 1. The molecule has 0 radical (unpaired) electrons. The summed E-state index contributed by atoms with van der Waals surface area (Å²) in [6.07, 6.45) is 5.97. The van der Waals surface area contributed by atoms with Crippen LogP contribution in [0.15, 0.2) is 11.9 Å². The topological polar surface area (TPSA) is 49.5 Å². The van der Waals surface area contributed by atoms with E-state index in [2.05, 4.69) is 17.9 Å². The Labute approximate surface area is 80.2 Å². The van der Waals surface area contributed by atoms with E-state index >= 15 is 0 Å². The van der Waals surface area contributed by atoms with Crippen LogP contribution in [-0.4, -0.2) is 29.2 Å². The van der Waals surface area contributed by atoms with Gasteiger partial charge in [-0.1, -0.05) is 13.3 Å². The summed E-state index contributed by atoms with van der Waals surface area (Å²) in [7, 11) is 0. The van der Waals surface area contributed by atoms with Crippen LogP contribution in [0.4, 0.5) is 0 Å². The van der Waals surface area contributed by atoms with E-state index in [0.29, 0.717) is 6.54 Å². The Kier molecular flexibility index (Phi) is 4.09. The third-order valence-electron chi connectivity index (χ3n) is 2.40. The minimum absolute atomic E-state index is 0.192. The summed E-state index contributed by atoms with van der Waals surface area (Å²) in [6, 6.07) is 0. The van der Waals surface area contributed by atoms with Crippen LogP contribution in [0.5, 0.6) is 0 Å². The number of aliphatic hydroxyl groups is 1. The van der Waals surface area contributed by atoms with Crippen LogP contribution in [0.3, 0.4) is 0 Å². The molecule has 76 valence electrons. The number of nitrogens with zero attached hydrogens (tertiary/aromatic N) is 1. The quantitative estimate of drug-likeness (QED) is 0.689. The molecule has 1 aliphatic rings. The number of likely N-dealkylation sites (tertiary alicyclic amines) is 1. The Morgan fingerprint density at radius 2 is 2.46 bits per heavy atom. The SMILES string of the molecule is CCC/C=C(\N)N1CCCC(O)C1. The van der Waals surface area contributed by atoms with Gasteiger partial charge in [0, 0.05) is 13.1 Å². The number of allylic oxidation sites excluding steroid dienone is 1. The van der Waals surface area contributed by atoms with Gasteiger partial charge < -0.3 is 15.7 Å². The van der Waals surface area contributed by atoms with Crippen LogP contribution in [0.2, 0.25) is 0 Å². The van der Waals surface area contributed by atoms with Crippen molar-refractivity contribution in [1.29, 1.82) is 0 Å². The van der Waals surface area contributed by atoms with Crippen LogP contribution in [0, 0.1) is 0 Å². The fraction of sp³-hybridized carbons (Fsp3) is 0.800. The lowest BCUT2D eigenvalue weighted by Gasteiger charge is -2.31. The first-order valence-corrected chi connectivity index (χ1v) is 5.12.